The summed E-state index contributed by atoms with van der Waals surface area (Å²) in [5.41, 5.74) is 0.571. The number of hydrogen-bond acceptors (Lipinski definition) is 4. The number of amides is 1. The minimum absolute atomic E-state index is 0.109. The molecule has 100 valence electrons. The highest BCUT2D eigenvalue weighted by atomic mass is 79.9. The van der Waals surface area contributed by atoms with Crippen LogP contribution in [0.1, 0.15) is 15.2 Å². The van der Waals surface area contributed by atoms with Gasteiger partial charge in [0.2, 0.25) is 0 Å². The number of nitrogens with zero attached hydrogens (tertiary/aromatic N) is 2. The van der Waals surface area contributed by atoms with E-state index in [1.54, 1.807) is 23.6 Å². The van der Waals surface area contributed by atoms with Gasteiger partial charge in [0.25, 0.3) is 5.91 Å². The molecular formula is C13H14BrN3OS. The van der Waals surface area contributed by atoms with Crippen molar-refractivity contribution in [1.29, 1.82) is 0 Å². The van der Waals surface area contributed by atoms with Gasteiger partial charge in [0.1, 0.15) is 5.82 Å². The van der Waals surface area contributed by atoms with Gasteiger partial charge < -0.3 is 10.2 Å². The molecule has 2 rings (SSSR count). The van der Waals surface area contributed by atoms with Gasteiger partial charge in [-0.15, -0.1) is 11.3 Å². The third-order valence-electron chi connectivity index (χ3n) is 2.51. The van der Waals surface area contributed by atoms with Crippen molar-refractivity contribution in [1.82, 2.24) is 10.3 Å². The monoisotopic (exact) mass is 339 g/mol. The van der Waals surface area contributed by atoms with E-state index in [0.717, 1.165) is 15.2 Å². The fourth-order valence-electron chi connectivity index (χ4n) is 1.50. The normalized spacial score (nSPS) is 10.3. The molecule has 0 aliphatic rings. The van der Waals surface area contributed by atoms with E-state index < -0.39 is 0 Å². The van der Waals surface area contributed by atoms with Gasteiger partial charge in [0, 0.05) is 35.0 Å². The van der Waals surface area contributed by atoms with Crippen LogP contribution in [0.2, 0.25) is 0 Å². The predicted molar refractivity (Wildman–Crippen MR) is 81.8 cm³/mol. The number of hydrogen-bond donors (Lipinski definition) is 1. The predicted octanol–water partition coefficient (Wildman–Crippen LogP) is 2.90. The maximum Gasteiger partial charge on any atom is 0.253 e. The quantitative estimate of drug-likeness (QED) is 0.931. The molecule has 0 bridgehead atoms. The van der Waals surface area contributed by atoms with Crippen LogP contribution in [0.25, 0.3) is 0 Å². The van der Waals surface area contributed by atoms with Crippen molar-refractivity contribution in [3.8, 4) is 0 Å². The smallest absolute Gasteiger partial charge is 0.253 e. The molecule has 6 heteroatoms. The third-order valence-corrected chi connectivity index (χ3v) is 4.21. The van der Waals surface area contributed by atoms with E-state index in [1.165, 1.54) is 0 Å². The summed E-state index contributed by atoms with van der Waals surface area (Å²) in [5.74, 6) is 0.723. The molecular weight excluding hydrogens is 326 g/mol. The van der Waals surface area contributed by atoms with Gasteiger partial charge in [-0.3, -0.25) is 4.79 Å². The van der Waals surface area contributed by atoms with Crippen LogP contribution in [0.15, 0.2) is 34.2 Å². The molecule has 0 fully saturated rings. The van der Waals surface area contributed by atoms with Crippen molar-refractivity contribution >= 4 is 39.0 Å². The van der Waals surface area contributed by atoms with E-state index in [-0.39, 0.29) is 5.91 Å². The molecule has 2 aromatic heterocycles. The number of carbonyl (C=O) groups excluding carboxylic acids is 1. The molecule has 4 nitrogen and oxygen atoms in total. The first-order valence-electron chi connectivity index (χ1n) is 5.71. The maximum atomic E-state index is 11.9. The molecule has 1 N–H and O–H groups in total. The highest BCUT2D eigenvalue weighted by Crippen LogP contribution is 2.19. The molecule has 0 unspecified atom stereocenters. The van der Waals surface area contributed by atoms with Crippen molar-refractivity contribution < 1.29 is 4.79 Å². The SMILES string of the molecule is CN(C)c1ccc(C(=O)NCc2cc(Br)cs2)cn1. The summed E-state index contributed by atoms with van der Waals surface area (Å²) in [6, 6.07) is 5.61. The van der Waals surface area contributed by atoms with Crippen LogP contribution in [-0.4, -0.2) is 25.0 Å². The van der Waals surface area contributed by atoms with Crippen LogP contribution in [0, 0.1) is 0 Å². The average Bonchev–Trinajstić information content (AvgIpc) is 2.82. The van der Waals surface area contributed by atoms with E-state index >= 15 is 0 Å². The summed E-state index contributed by atoms with van der Waals surface area (Å²) < 4.78 is 1.04. The Balaban J connectivity index is 1.96. The average molecular weight is 340 g/mol. The molecule has 2 aromatic rings. The van der Waals surface area contributed by atoms with Crippen LogP contribution in [0.4, 0.5) is 5.82 Å². The summed E-state index contributed by atoms with van der Waals surface area (Å²) in [7, 11) is 3.83. The highest BCUT2D eigenvalue weighted by Gasteiger charge is 2.07. The first kappa shape index (κ1) is 14.0. The van der Waals surface area contributed by atoms with Crippen LogP contribution < -0.4 is 10.2 Å². The number of anilines is 1. The second-order valence-corrected chi connectivity index (χ2v) is 6.12. The Kier molecular flexibility index (Phi) is 4.55. The standard InChI is InChI=1S/C13H14BrN3OS/c1-17(2)12-4-3-9(6-15-12)13(18)16-7-11-5-10(14)8-19-11/h3-6,8H,7H2,1-2H3,(H,16,18). The van der Waals surface area contributed by atoms with Gasteiger partial charge in [-0.25, -0.2) is 4.98 Å². The number of nitrogens with one attached hydrogen (secondary N) is 1. The minimum atomic E-state index is -0.109. The molecule has 0 aliphatic heterocycles. The summed E-state index contributed by atoms with van der Waals surface area (Å²) in [6.07, 6.45) is 1.59. The fourth-order valence-corrected chi connectivity index (χ4v) is 2.89. The van der Waals surface area contributed by atoms with Crippen molar-refractivity contribution in [2.45, 2.75) is 6.54 Å². The van der Waals surface area contributed by atoms with E-state index in [9.17, 15) is 4.79 Å². The lowest BCUT2D eigenvalue weighted by atomic mass is 10.2. The van der Waals surface area contributed by atoms with Crippen LogP contribution in [0.3, 0.4) is 0 Å². The zero-order valence-electron chi connectivity index (χ0n) is 10.7. The highest BCUT2D eigenvalue weighted by molar-refractivity contribution is 9.10. The van der Waals surface area contributed by atoms with Crippen molar-refractivity contribution in [3.63, 3.8) is 0 Å². The van der Waals surface area contributed by atoms with Crippen LogP contribution in [-0.2, 0) is 6.54 Å². The Morgan fingerprint density at radius 2 is 2.26 bits per heavy atom. The molecule has 0 aliphatic carbocycles. The van der Waals surface area contributed by atoms with E-state index in [4.69, 9.17) is 0 Å². The van der Waals surface area contributed by atoms with Crippen LogP contribution in [0.5, 0.6) is 0 Å². The van der Waals surface area contributed by atoms with Gasteiger partial charge in [-0.1, -0.05) is 0 Å². The van der Waals surface area contributed by atoms with E-state index in [1.807, 2.05) is 36.5 Å². The minimum Gasteiger partial charge on any atom is -0.363 e. The zero-order valence-corrected chi connectivity index (χ0v) is 13.1. The lowest BCUT2D eigenvalue weighted by Gasteiger charge is -2.11. The molecule has 19 heavy (non-hydrogen) atoms. The Morgan fingerprint density at radius 3 is 2.79 bits per heavy atom. The summed E-state index contributed by atoms with van der Waals surface area (Å²) in [6.45, 7) is 0.532. The number of pyridine rings is 1. The van der Waals surface area contributed by atoms with Crippen LogP contribution >= 0.6 is 27.3 Å². The maximum absolute atomic E-state index is 11.9. The molecule has 1 amide bonds. The lowest BCUT2D eigenvalue weighted by molar-refractivity contribution is 0.0951. The number of halogens is 1. The molecule has 0 radical (unpaired) electrons. The summed E-state index contributed by atoms with van der Waals surface area (Å²) >= 11 is 5.00. The van der Waals surface area contributed by atoms with Crippen molar-refractivity contribution in [3.05, 3.63) is 44.7 Å². The second-order valence-electron chi connectivity index (χ2n) is 4.21. The molecule has 0 aromatic carbocycles. The largest absolute Gasteiger partial charge is 0.363 e. The molecule has 0 spiro atoms. The molecule has 0 saturated heterocycles. The van der Waals surface area contributed by atoms with Crippen molar-refractivity contribution in [2.75, 3.05) is 19.0 Å². The first-order chi connectivity index (χ1) is 9.06. The Bertz CT molecular complexity index is 566. The first-order valence-corrected chi connectivity index (χ1v) is 7.38. The zero-order chi connectivity index (χ0) is 13.8. The number of carbonyl (C=O) groups is 1. The Morgan fingerprint density at radius 1 is 1.47 bits per heavy atom. The number of rotatable bonds is 4. The summed E-state index contributed by atoms with van der Waals surface area (Å²) in [4.78, 5) is 19.2. The second kappa shape index (κ2) is 6.16. The molecule has 2 heterocycles. The molecule has 0 saturated carbocycles. The Labute approximate surface area is 124 Å². The Hall–Kier alpha value is -1.40. The fraction of sp³-hybridized carbons (Fsp3) is 0.231. The van der Waals surface area contributed by atoms with Gasteiger partial charge in [0.15, 0.2) is 0 Å². The third kappa shape index (κ3) is 3.78. The van der Waals surface area contributed by atoms with E-state index in [2.05, 4.69) is 26.2 Å². The number of aromatic nitrogens is 1. The van der Waals surface area contributed by atoms with E-state index in [0.29, 0.717) is 12.1 Å². The molecule has 0 atom stereocenters. The number of thiophene rings is 1. The van der Waals surface area contributed by atoms with Gasteiger partial charge >= 0.3 is 0 Å². The summed E-state index contributed by atoms with van der Waals surface area (Å²) in [5, 5.41) is 4.87. The van der Waals surface area contributed by atoms with Gasteiger partial charge in [-0.05, 0) is 34.1 Å². The topological polar surface area (TPSA) is 45.2 Å². The van der Waals surface area contributed by atoms with Crippen molar-refractivity contribution in [2.24, 2.45) is 0 Å². The van der Waals surface area contributed by atoms with Gasteiger partial charge in [-0.2, -0.15) is 0 Å². The lowest BCUT2D eigenvalue weighted by Crippen LogP contribution is -2.22. The van der Waals surface area contributed by atoms with Gasteiger partial charge in [0.05, 0.1) is 12.1 Å².